The molecule has 0 radical (unpaired) electrons. The summed E-state index contributed by atoms with van der Waals surface area (Å²) < 4.78 is 14.1. The van der Waals surface area contributed by atoms with Gasteiger partial charge in [-0.1, -0.05) is 42.2 Å². The van der Waals surface area contributed by atoms with Crippen LogP contribution in [-0.2, 0) is 19.6 Å². The summed E-state index contributed by atoms with van der Waals surface area (Å²) in [5.41, 5.74) is 3.92. The zero-order valence-corrected chi connectivity index (χ0v) is 11.6. The summed E-state index contributed by atoms with van der Waals surface area (Å²) in [7, 11) is 0. The Morgan fingerprint density at radius 3 is 2.43 bits per heavy atom. The molecule has 0 spiro atoms. The zero-order valence-electron chi connectivity index (χ0n) is 11.6. The van der Waals surface area contributed by atoms with Gasteiger partial charge in [0.25, 0.3) is 0 Å². The van der Waals surface area contributed by atoms with E-state index in [1.54, 1.807) is 12.1 Å². The highest BCUT2D eigenvalue weighted by Crippen LogP contribution is 2.24. The van der Waals surface area contributed by atoms with Crippen molar-refractivity contribution in [3.63, 3.8) is 0 Å². The van der Waals surface area contributed by atoms with Crippen molar-refractivity contribution in [1.82, 2.24) is 4.90 Å². The fourth-order valence-electron chi connectivity index (χ4n) is 2.65. The molecule has 0 unspecified atom stereocenters. The average Bonchev–Trinajstić information content (AvgIpc) is 2.90. The number of aliphatic hydroxyl groups is 1. The molecule has 21 heavy (non-hydrogen) atoms. The minimum atomic E-state index is -0.240. The first-order valence-corrected chi connectivity index (χ1v) is 6.93. The van der Waals surface area contributed by atoms with Crippen molar-refractivity contribution in [3.05, 3.63) is 70.5 Å². The van der Waals surface area contributed by atoms with Crippen molar-refractivity contribution >= 4 is 0 Å². The van der Waals surface area contributed by atoms with Gasteiger partial charge in [0.1, 0.15) is 12.4 Å². The highest BCUT2D eigenvalue weighted by molar-refractivity contribution is 5.37. The number of hydrogen-bond donors (Lipinski definition) is 1. The number of hydrogen-bond acceptors (Lipinski definition) is 2. The van der Waals surface area contributed by atoms with Crippen molar-refractivity contribution in [2.45, 2.75) is 19.6 Å². The van der Waals surface area contributed by atoms with Crippen LogP contribution in [0.2, 0.25) is 0 Å². The lowest BCUT2D eigenvalue weighted by atomic mass is 10.1. The van der Waals surface area contributed by atoms with Crippen LogP contribution in [0, 0.1) is 17.7 Å². The van der Waals surface area contributed by atoms with Crippen LogP contribution in [0.15, 0.2) is 42.5 Å². The molecule has 1 aliphatic heterocycles. The largest absolute Gasteiger partial charge is 0.384 e. The maximum Gasteiger partial charge on any atom is 0.128 e. The second-order valence-corrected chi connectivity index (χ2v) is 5.18. The molecule has 2 aromatic carbocycles. The molecule has 0 bridgehead atoms. The van der Waals surface area contributed by atoms with E-state index in [-0.39, 0.29) is 12.4 Å². The van der Waals surface area contributed by atoms with E-state index >= 15 is 0 Å². The van der Waals surface area contributed by atoms with Gasteiger partial charge in [0.15, 0.2) is 0 Å². The molecule has 1 heterocycles. The fourth-order valence-corrected chi connectivity index (χ4v) is 2.65. The molecule has 0 saturated heterocycles. The second-order valence-electron chi connectivity index (χ2n) is 5.18. The molecule has 0 aliphatic carbocycles. The molecule has 0 amide bonds. The summed E-state index contributed by atoms with van der Waals surface area (Å²) in [6.45, 7) is 2.10. The van der Waals surface area contributed by atoms with Crippen LogP contribution < -0.4 is 0 Å². The van der Waals surface area contributed by atoms with Crippen LogP contribution in [-0.4, -0.2) is 16.6 Å². The topological polar surface area (TPSA) is 23.5 Å². The molecule has 1 N–H and O–H groups in total. The number of fused-ring (bicyclic) bond motifs is 1. The van der Waals surface area contributed by atoms with Crippen molar-refractivity contribution in [1.29, 1.82) is 0 Å². The van der Waals surface area contributed by atoms with Crippen LogP contribution >= 0.6 is 0 Å². The van der Waals surface area contributed by atoms with Gasteiger partial charge in [-0.25, -0.2) is 4.39 Å². The summed E-state index contributed by atoms with van der Waals surface area (Å²) in [5.74, 6) is 5.00. The summed E-state index contributed by atoms with van der Waals surface area (Å²) in [5, 5.41) is 8.65. The third-order valence-electron chi connectivity index (χ3n) is 3.67. The average molecular weight is 281 g/mol. The first-order valence-electron chi connectivity index (χ1n) is 6.93. The third-order valence-corrected chi connectivity index (χ3v) is 3.67. The number of halogens is 1. The van der Waals surface area contributed by atoms with E-state index in [9.17, 15) is 4.39 Å². The highest BCUT2D eigenvalue weighted by atomic mass is 19.1. The van der Waals surface area contributed by atoms with E-state index in [1.807, 2.05) is 12.1 Å². The predicted octanol–water partition coefficient (Wildman–Crippen LogP) is 2.69. The van der Waals surface area contributed by atoms with Crippen molar-refractivity contribution < 1.29 is 9.50 Å². The van der Waals surface area contributed by atoms with Gasteiger partial charge in [-0.15, -0.1) is 0 Å². The van der Waals surface area contributed by atoms with E-state index < -0.39 is 0 Å². The summed E-state index contributed by atoms with van der Waals surface area (Å²) in [6, 6.07) is 13.3. The van der Waals surface area contributed by atoms with Crippen LogP contribution in [0.25, 0.3) is 0 Å². The Balaban J connectivity index is 1.72. The van der Waals surface area contributed by atoms with Gasteiger partial charge in [0.05, 0.1) is 0 Å². The standard InChI is InChI=1S/C18H16FNO/c19-18-10-14(4-3-9-21)7-8-17(18)13-20-11-15-5-1-2-6-16(15)12-20/h1-2,5-8,10,21H,9,11-13H2. The Bertz CT molecular complexity index is 690. The monoisotopic (exact) mass is 281 g/mol. The molecule has 0 aromatic heterocycles. The molecule has 0 fully saturated rings. The maximum absolute atomic E-state index is 14.1. The first-order chi connectivity index (χ1) is 10.3. The first kappa shape index (κ1) is 13.8. The van der Waals surface area contributed by atoms with E-state index in [2.05, 4.69) is 28.9 Å². The van der Waals surface area contributed by atoms with Gasteiger partial charge < -0.3 is 5.11 Å². The highest BCUT2D eigenvalue weighted by Gasteiger charge is 2.19. The maximum atomic E-state index is 14.1. The molecular weight excluding hydrogens is 265 g/mol. The van der Waals surface area contributed by atoms with E-state index in [0.717, 1.165) is 13.1 Å². The number of rotatable bonds is 2. The lowest BCUT2D eigenvalue weighted by Gasteiger charge is -2.15. The molecule has 1 aliphatic rings. The predicted molar refractivity (Wildman–Crippen MR) is 79.8 cm³/mol. The summed E-state index contributed by atoms with van der Waals surface area (Å²) >= 11 is 0. The van der Waals surface area contributed by atoms with Gasteiger partial charge in [0.2, 0.25) is 0 Å². The Labute approximate surface area is 123 Å². The minimum absolute atomic E-state index is 0.213. The molecule has 0 saturated carbocycles. The van der Waals surface area contributed by atoms with Crippen LogP contribution in [0.1, 0.15) is 22.3 Å². The SMILES string of the molecule is OCC#Cc1ccc(CN2Cc3ccccc3C2)c(F)c1. The quantitative estimate of drug-likeness (QED) is 0.856. The molecule has 3 rings (SSSR count). The smallest absolute Gasteiger partial charge is 0.128 e. The van der Waals surface area contributed by atoms with E-state index in [1.165, 1.54) is 17.2 Å². The van der Waals surface area contributed by atoms with Crippen LogP contribution in [0.5, 0.6) is 0 Å². The molecule has 3 heteroatoms. The zero-order chi connectivity index (χ0) is 14.7. The molecule has 2 aromatic rings. The number of aliphatic hydroxyl groups excluding tert-OH is 1. The summed E-state index contributed by atoms with van der Waals surface area (Å²) in [6.07, 6.45) is 0. The normalized spacial score (nSPS) is 13.6. The van der Waals surface area contributed by atoms with E-state index in [0.29, 0.717) is 17.7 Å². The van der Waals surface area contributed by atoms with Crippen LogP contribution in [0.3, 0.4) is 0 Å². The van der Waals surface area contributed by atoms with E-state index in [4.69, 9.17) is 5.11 Å². The van der Waals surface area contributed by atoms with Crippen molar-refractivity contribution in [2.24, 2.45) is 0 Å². The third kappa shape index (κ3) is 3.13. The summed E-state index contributed by atoms with van der Waals surface area (Å²) in [4.78, 5) is 2.22. The lowest BCUT2D eigenvalue weighted by molar-refractivity contribution is 0.271. The molecule has 0 atom stereocenters. The Morgan fingerprint density at radius 2 is 1.81 bits per heavy atom. The Morgan fingerprint density at radius 1 is 1.10 bits per heavy atom. The Kier molecular flexibility index (Phi) is 4.01. The van der Waals surface area contributed by atoms with Gasteiger partial charge >= 0.3 is 0 Å². The molecular formula is C18H16FNO. The molecule has 2 nitrogen and oxygen atoms in total. The molecule has 106 valence electrons. The second kappa shape index (κ2) is 6.09. The van der Waals surface area contributed by atoms with Gasteiger partial charge in [-0.3, -0.25) is 4.90 Å². The van der Waals surface area contributed by atoms with Crippen LogP contribution in [0.4, 0.5) is 4.39 Å². The van der Waals surface area contributed by atoms with Crippen molar-refractivity contribution in [2.75, 3.05) is 6.61 Å². The van der Waals surface area contributed by atoms with Gasteiger partial charge in [0, 0.05) is 30.8 Å². The lowest BCUT2D eigenvalue weighted by Crippen LogP contribution is -2.16. The van der Waals surface area contributed by atoms with Gasteiger partial charge in [-0.05, 0) is 23.3 Å². The van der Waals surface area contributed by atoms with Gasteiger partial charge in [-0.2, -0.15) is 0 Å². The minimum Gasteiger partial charge on any atom is -0.384 e. The fraction of sp³-hybridized carbons (Fsp3) is 0.222. The Hall–Kier alpha value is -2.15. The number of nitrogens with zero attached hydrogens (tertiary/aromatic N) is 1. The number of benzene rings is 2. The van der Waals surface area contributed by atoms with Crippen molar-refractivity contribution in [3.8, 4) is 11.8 Å².